The molecule has 1 fully saturated rings. The highest BCUT2D eigenvalue weighted by atomic mass is 29.3. The van der Waals surface area contributed by atoms with E-state index in [1.165, 1.54) is 12.5 Å². The quantitative estimate of drug-likeness (QED) is 0.664. The molecule has 78 valence electrons. The van der Waals surface area contributed by atoms with Gasteiger partial charge in [-0.3, -0.25) is 0 Å². The van der Waals surface area contributed by atoms with Gasteiger partial charge in [-0.05, 0) is 46.0 Å². The zero-order valence-corrected chi connectivity index (χ0v) is 11.5. The first kappa shape index (κ1) is 11.4. The minimum Gasteiger partial charge on any atom is -0.417 e. The molecule has 1 aliphatic heterocycles. The largest absolute Gasteiger partial charge is 0.417 e. The Morgan fingerprint density at radius 1 is 1.38 bits per heavy atom. The van der Waals surface area contributed by atoms with Gasteiger partial charge < -0.3 is 8.85 Å². The van der Waals surface area contributed by atoms with Crippen LogP contribution in [0.2, 0.25) is 25.7 Å². The van der Waals surface area contributed by atoms with Gasteiger partial charge in [0.1, 0.15) is 0 Å². The minimum absolute atomic E-state index is 0.461. The average Bonchev–Trinajstić information content (AvgIpc) is 1.98. The van der Waals surface area contributed by atoms with Crippen molar-refractivity contribution >= 4 is 15.7 Å². The molecule has 0 radical (unpaired) electrons. The maximum Gasteiger partial charge on any atom is 0.207 e. The van der Waals surface area contributed by atoms with Gasteiger partial charge in [0.05, 0.1) is 0 Å². The summed E-state index contributed by atoms with van der Waals surface area (Å²) in [7, 11) is -3.00. The van der Waals surface area contributed by atoms with Gasteiger partial charge in [-0.15, -0.1) is 0 Å². The van der Waals surface area contributed by atoms with Gasteiger partial charge in [-0.1, -0.05) is 0 Å². The van der Waals surface area contributed by atoms with Crippen LogP contribution in [0.1, 0.15) is 20.3 Å². The molecule has 0 spiro atoms. The molecule has 0 amide bonds. The third-order valence-electron chi connectivity index (χ3n) is 3.26. The molecule has 1 rings (SSSR count). The van der Waals surface area contributed by atoms with Gasteiger partial charge >= 0.3 is 0 Å². The van der Waals surface area contributed by atoms with E-state index in [-0.39, 0.29) is 0 Å². The van der Waals surface area contributed by atoms with Crippen molar-refractivity contribution in [2.75, 3.05) is 6.61 Å². The van der Waals surface area contributed by atoms with Gasteiger partial charge in [-0.25, -0.2) is 0 Å². The molecule has 2 atom stereocenters. The fourth-order valence-corrected chi connectivity index (χ4v) is 11.2. The highest BCUT2D eigenvalue weighted by Gasteiger charge is 2.52. The molecule has 13 heavy (non-hydrogen) atoms. The van der Waals surface area contributed by atoms with E-state index >= 15 is 0 Å². The van der Waals surface area contributed by atoms with E-state index < -0.39 is 15.7 Å². The topological polar surface area (TPSA) is 18.5 Å². The van der Waals surface area contributed by atoms with E-state index in [0.717, 1.165) is 6.61 Å². The molecular weight excluding hydrogens is 196 g/mol. The maximum absolute atomic E-state index is 6.12. The highest BCUT2D eigenvalue weighted by Crippen LogP contribution is 2.34. The SMILES string of the molecule is CCO[Si]1(C)CCC(C)O[Si]1(C)C. The number of hydrogen-bond acceptors (Lipinski definition) is 2. The minimum atomic E-state index is -1.51. The second-order valence-corrected chi connectivity index (χ2v) is 17.9. The molecule has 2 nitrogen and oxygen atoms in total. The summed E-state index contributed by atoms with van der Waals surface area (Å²) in [5.41, 5.74) is 0. The summed E-state index contributed by atoms with van der Waals surface area (Å²) in [6.45, 7) is 12.1. The van der Waals surface area contributed by atoms with Crippen molar-refractivity contribution in [1.82, 2.24) is 0 Å². The first-order chi connectivity index (χ1) is 5.91. The Kier molecular flexibility index (Phi) is 3.38. The van der Waals surface area contributed by atoms with Gasteiger partial charge in [0, 0.05) is 12.7 Å². The lowest BCUT2D eigenvalue weighted by atomic mass is 10.3. The lowest BCUT2D eigenvalue weighted by molar-refractivity contribution is 0.190. The van der Waals surface area contributed by atoms with Crippen LogP contribution in [0.4, 0.5) is 0 Å². The first-order valence-electron chi connectivity index (χ1n) is 5.23. The second-order valence-electron chi connectivity index (χ2n) is 4.64. The lowest BCUT2D eigenvalue weighted by Gasteiger charge is -2.45. The van der Waals surface area contributed by atoms with E-state index in [9.17, 15) is 0 Å². The molecular formula is C9H22O2Si2. The fraction of sp³-hybridized carbons (Fsp3) is 1.00. The Hall–Kier alpha value is 0.354. The molecule has 0 N–H and O–H groups in total. The monoisotopic (exact) mass is 218 g/mol. The predicted octanol–water partition coefficient (Wildman–Crippen LogP) is 2.69. The molecule has 1 saturated heterocycles. The van der Waals surface area contributed by atoms with Crippen molar-refractivity contribution in [2.24, 2.45) is 0 Å². The van der Waals surface area contributed by atoms with Crippen LogP contribution in [0.25, 0.3) is 0 Å². The molecule has 2 unspecified atom stereocenters. The van der Waals surface area contributed by atoms with E-state index in [1.54, 1.807) is 0 Å². The van der Waals surface area contributed by atoms with Crippen molar-refractivity contribution < 1.29 is 8.85 Å². The average molecular weight is 218 g/mol. The number of rotatable bonds is 2. The van der Waals surface area contributed by atoms with E-state index in [1.807, 2.05) is 0 Å². The Morgan fingerprint density at radius 3 is 2.46 bits per heavy atom. The van der Waals surface area contributed by atoms with Crippen LogP contribution in [-0.2, 0) is 8.85 Å². The van der Waals surface area contributed by atoms with E-state index in [0.29, 0.717) is 6.10 Å². The van der Waals surface area contributed by atoms with Crippen LogP contribution in [0.3, 0.4) is 0 Å². The maximum atomic E-state index is 6.12. The summed E-state index contributed by atoms with van der Waals surface area (Å²) < 4.78 is 12.1. The van der Waals surface area contributed by atoms with Crippen molar-refractivity contribution in [3.63, 3.8) is 0 Å². The number of hydrogen-bond donors (Lipinski definition) is 0. The summed E-state index contributed by atoms with van der Waals surface area (Å²) in [4.78, 5) is 0. The Morgan fingerprint density at radius 2 is 2.00 bits per heavy atom. The van der Waals surface area contributed by atoms with E-state index in [2.05, 4.69) is 33.5 Å². The normalized spacial score (nSPS) is 39.0. The zero-order chi connectivity index (χ0) is 10.1. The van der Waals surface area contributed by atoms with Gasteiger partial charge in [0.2, 0.25) is 15.7 Å². The van der Waals surface area contributed by atoms with E-state index in [4.69, 9.17) is 8.85 Å². The molecule has 0 aromatic heterocycles. The zero-order valence-electron chi connectivity index (χ0n) is 9.52. The standard InChI is InChI=1S/C9H22O2Si2/c1-6-10-13(5)8-7-9(2)11-12(13,3)4/h9H,6-8H2,1-5H3. The summed E-state index contributed by atoms with van der Waals surface area (Å²) in [5.74, 6) is 0. The van der Waals surface area contributed by atoms with Gasteiger partial charge in [-0.2, -0.15) is 0 Å². The molecule has 0 bridgehead atoms. The Balaban J connectivity index is 2.73. The van der Waals surface area contributed by atoms with Crippen molar-refractivity contribution in [3.05, 3.63) is 0 Å². The van der Waals surface area contributed by atoms with Gasteiger partial charge in [0.25, 0.3) is 0 Å². The molecule has 0 aromatic carbocycles. The Bertz CT molecular complexity index is 184. The van der Waals surface area contributed by atoms with Crippen molar-refractivity contribution in [1.29, 1.82) is 0 Å². The lowest BCUT2D eigenvalue weighted by Crippen LogP contribution is -2.65. The van der Waals surface area contributed by atoms with Crippen LogP contribution in [0, 0.1) is 0 Å². The summed E-state index contributed by atoms with van der Waals surface area (Å²) in [6, 6.07) is 1.29. The molecule has 0 aromatic rings. The predicted molar refractivity (Wildman–Crippen MR) is 60.7 cm³/mol. The highest BCUT2D eigenvalue weighted by molar-refractivity contribution is 7.36. The van der Waals surface area contributed by atoms with Crippen LogP contribution < -0.4 is 0 Å². The third kappa shape index (κ3) is 2.23. The third-order valence-corrected chi connectivity index (χ3v) is 18.1. The van der Waals surface area contributed by atoms with Crippen LogP contribution in [0.5, 0.6) is 0 Å². The summed E-state index contributed by atoms with van der Waals surface area (Å²) in [6.07, 6.45) is 1.65. The molecule has 0 saturated carbocycles. The van der Waals surface area contributed by atoms with Crippen LogP contribution >= 0.6 is 0 Å². The smallest absolute Gasteiger partial charge is 0.207 e. The first-order valence-corrected chi connectivity index (χ1v) is 11.8. The molecule has 1 heterocycles. The second kappa shape index (κ2) is 3.84. The summed E-state index contributed by atoms with van der Waals surface area (Å²) in [5, 5.41) is 0. The van der Waals surface area contributed by atoms with Crippen molar-refractivity contribution in [2.45, 2.75) is 52.1 Å². The Labute approximate surface area is 83.7 Å². The van der Waals surface area contributed by atoms with Crippen LogP contribution in [-0.4, -0.2) is 28.4 Å². The molecule has 0 aliphatic carbocycles. The molecule has 1 aliphatic rings. The van der Waals surface area contributed by atoms with Crippen LogP contribution in [0.15, 0.2) is 0 Å². The van der Waals surface area contributed by atoms with Crippen molar-refractivity contribution in [3.8, 4) is 0 Å². The van der Waals surface area contributed by atoms with Gasteiger partial charge in [0.15, 0.2) is 0 Å². The molecule has 4 heteroatoms. The fourth-order valence-electron chi connectivity index (χ4n) is 2.03. The summed E-state index contributed by atoms with van der Waals surface area (Å²) >= 11 is 0.